The first-order chi connectivity index (χ1) is 9.59. The molecule has 4 N–H and O–H groups in total. The average molecular weight is 292 g/mol. The number of aryl methyl sites for hydroxylation is 1. The molecule has 0 bridgehead atoms. The number of benzene rings is 2. The first-order valence-electron chi connectivity index (χ1n) is 6.48. The van der Waals surface area contributed by atoms with Crippen molar-refractivity contribution in [1.82, 2.24) is 0 Å². The summed E-state index contributed by atoms with van der Waals surface area (Å²) in [4.78, 5) is 1.88. The Kier molecular flexibility index (Phi) is 3.18. The van der Waals surface area contributed by atoms with E-state index in [1.807, 2.05) is 23.1 Å². The van der Waals surface area contributed by atoms with E-state index in [1.54, 1.807) is 0 Å². The van der Waals surface area contributed by atoms with E-state index in [2.05, 4.69) is 6.07 Å². The molecule has 2 aromatic rings. The molecule has 3 nitrogen and oxygen atoms in total. The summed E-state index contributed by atoms with van der Waals surface area (Å²) in [6.07, 6.45) is 1.93. The van der Waals surface area contributed by atoms with E-state index in [9.17, 15) is 4.39 Å². The zero-order chi connectivity index (χ0) is 14.3. The minimum absolute atomic E-state index is 0.0720. The molecule has 0 atom stereocenters. The van der Waals surface area contributed by atoms with Crippen LogP contribution in [0.2, 0.25) is 5.02 Å². The van der Waals surface area contributed by atoms with E-state index in [1.165, 1.54) is 11.6 Å². The lowest BCUT2D eigenvalue weighted by molar-refractivity contribution is 0.622. The Labute approximate surface area is 121 Å². The lowest BCUT2D eigenvalue weighted by Gasteiger charge is -2.32. The summed E-state index contributed by atoms with van der Waals surface area (Å²) >= 11 is 5.92. The molecule has 2 aromatic carbocycles. The van der Waals surface area contributed by atoms with Crippen molar-refractivity contribution in [1.29, 1.82) is 0 Å². The van der Waals surface area contributed by atoms with Crippen molar-refractivity contribution in [3.8, 4) is 0 Å². The van der Waals surface area contributed by atoms with Crippen molar-refractivity contribution in [2.45, 2.75) is 12.8 Å². The van der Waals surface area contributed by atoms with Gasteiger partial charge in [0, 0.05) is 12.2 Å². The van der Waals surface area contributed by atoms with Gasteiger partial charge in [-0.1, -0.05) is 29.8 Å². The number of rotatable bonds is 1. The quantitative estimate of drug-likeness (QED) is 0.787. The molecule has 1 aliphatic heterocycles. The second-order valence-corrected chi connectivity index (χ2v) is 5.29. The fourth-order valence-corrected chi connectivity index (χ4v) is 2.84. The Morgan fingerprint density at radius 2 is 1.90 bits per heavy atom. The Balaban J connectivity index is 2.19. The van der Waals surface area contributed by atoms with Gasteiger partial charge in [0.15, 0.2) is 5.82 Å². The van der Waals surface area contributed by atoms with Crippen LogP contribution in [0.25, 0.3) is 0 Å². The maximum Gasteiger partial charge on any atom is 0.169 e. The van der Waals surface area contributed by atoms with Crippen molar-refractivity contribution < 1.29 is 4.39 Å². The molecule has 0 saturated heterocycles. The summed E-state index contributed by atoms with van der Waals surface area (Å²) in [5.74, 6) is -0.555. The third-order valence-corrected chi connectivity index (χ3v) is 4.00. The van der Waals surface area contributed by atoms with E-state index in [4.69, 9.17) is 23.1 Å². The molecule has 0 fully saturated rings. The van der Waals surface area contributed by atoms with Gasteiger partial charge in [-0.15, -0.1) is 0 Å². The predicted molar refractivity (Wildman–Crippen MR) is 82.0 cm³/mol. The van der Waals surface area contributed by atoms with Gasteiger partial charge in [-0.25, -0.2) is 4.39 Å². The highest BCUT2D eigenvalue weighted by Gasteiger charge is 2.24. The summed E-state index contributed by atoms with van der Waals surface area (Å²) in [5, 5.41) is -0.0720. The fraction of sp³-hybridized carbons (Fsp3) is 0.200. The average Bonchev–Trinajstić information content (AvgIpc) is 2.45. The normalized spacial score (nSPS) is 14.2. The van der Waals surface area contributed by atoms with Gasteiger partial charge in [0.05, 0.1) is 11.4 Å². The number of nitrogens with zero attached hydrogens (tertiary/aromatic N) is 1. The van der Waals surface area contributed by atoms with E-state index >= 15 is 0 Å². The van der Waals surface area contributed by atoms with Crippen LogP contribution in [0.4, 0.5) is 27.1 Å². The molecule has 0 amide bonds. The van der Waals surface area contributed by atoms with Gasteiger partial charge in [-0.3, -0.25) is 0 Å². The Morgan fingerprint density at radius 1 is 1.15 bits per heavy atom. The summed E-state index contributed by atoms with van der Waals surface area (Å²) in [6, 6.07) is 9.45. The molecule has 0 spiro atoms. The van der Waals surface area contributed by atoms with E-state index in [0.717, 1.165) is 18.5 Å². The van der Waals surface area contributed by atoms with Gasteiger partial charge in [-0.2, -0.15) is 0 Å². The van der Waals surface area contributed by atoms with Crippen LogP contribution in [0, 0.1) is 5.82 Å². The Morgan fingerprint density at radius 3 is 2.70 bits per heavy atom. The van der Waals surface area contributed by atoms with Crippen molar-refractivity contribution in [3.05, 3.63) is 46.7 Å². The maximum atomic E-state index is 14.5. The first kappa shape index (κ1) is 13.1. The SMILES string of the molecule is Nc1cc(N)c(N2CCCc3ccccc32)c(F)c1Cl. The molecule has 104 valence electrons. The Hall–Kier alpha value is -1.94. The summed E-state index contributed by atoms with van der Waals surface area (Å²) in [6.45, 7) is 0.707. The Bertz CT molecular complexity index is 672. The molecule has 3 rings (SSSR count). The third-order valence-electron chi connectivity index (χ3n) is 3.62. The maximum absolute atomic E-state index is 14.5. The highest BCUT2D eigenvalue weighted by atomic mass is 35.5. The number of nitrogen functional groups attached to an aromatic ring is 2. The second-order valence-electron chi connectivity index (χ2n) is 4.92. The van der Waals surface area contributed by atoms with Crippen LogP contribution in [-0.2, 0) is 6.42 Å². The number of anilines is 4. The van der Waals surface area contributed by atoms with Gasteiger partial charge >= 0.3 is 0 Å². The monoisotopic (exact) mass is 291 g/mol. The minimum atomic E-state index is -0.555. The number of hydrogen-bond acceptors (Lipinski definition) is 3. The molecule has 0 aromatic heterocycles. The third kappa shape index (κ3) is 1.96. The predicted octanol–water partition coefficient (Wildman–Crippen LogP) is 3.73. The van der Waals surface area contributed by atoms with Crippen LogP contribution < -0.4 is 16.4 Å². The lowest BCUT2D eigenvalue weighted by Crippen LogP contribution is -2.26. The van der Waals surface area contributed by atoms with E-state index in [-0.39, 0.29) is 10.7 Å². The van der Waals surface area contributed by atoms with Gasteiger partial charge in [0.25, 0.3) is 0 Å². The molecule has 0 radical (unpaired) electrons. The smallest absolute Gasteiger partial charge is 0.169 e. The van der Waals surface area contributed by atoms with Crippen LogP contribution in [0.15, 0.2) is 30.3 Å². The molecule has 1 heterocycles. The molecule has 5 heteroatoms. The van der Waals surface area contributed by atoms with Crippen LogP contribution >= 0.6 is 11.6 Å². The topological polar surface area (TPSA) is 55.3 Å². The number of para-hydroxylation sites is 1. The summed E-state index contributed by atoms with van der Waals surface area (Å²) in [7, 11) is 0. The van der Waals surface area contributed by atoms with Crippen LogP contribution in [0.3, 0.4) is 0 Å². The van der Waals surface area contributed by atoms with Gasteiger partial charge in [0.2, 0.25) is 0 Å². The molecule has 20 heavy (non-hydrogen) atoms. The molecular weight excluding hydrogens is 277 g/mol. The first-order valence-corrected chi connectivity index (χ1v) is 6.85. The number of hydrogen-bond donors (Lipinski definition) is 2. The standard InChI is InChI=1S/C15H15ClFN3/c16-13-10(18)8-11(19)15(14(13)17)20-7-3-5-9-4-1-2-6-12(9)20/h1-2,4,6,8H,3,5,7,18-19H2. The van der Waals surface area contributed by atoms with Crippen molar-refractivity contribution in [2.75, 3.05) is 22.9 Å². The fourth-order valence-electron chi connectivity index (χ4n) is 2.70. The second kappa shape index (κ2) is 4.87. The van der Waals surface area contributed by atoms with Crippen molar-refractivity contribution in [2.24, 2.45) is 0 Å². The molecular formula is C15H15ClFN3. The highest BCUT2D eigenvalue weighted by Crippen LogP contribution is 2.41. The lowest BCUT2D eigenvalue weighted by atomic mass is 10.0. The zero-order valence-corrected chi connectivity index (χ0v) is 11.6. The van der Waals surface area contributed by atoms with E-state index in [0.29, 0.717) is 17.9 Å². The molecule has 0 unspecified atom stereocenters. The van der Waals surface area contributed by atoms with Crippen LogP contribution in [-0.4, -0.2) is 6.54 Å². The van der Waals surface area contributed by atoms with Gasteiger partial charge in [-0.05, 0) is 30.5 Å². The number of halogens is 2. The van der Waals surface area contributed by atoms with Gasteiger partial charge in [0.1, 0.15) is 10.7 Å². The largest absolute Gasteiger partial charge is 0.397 e. The van der Waals surface area contributed by atoms with Crippen LogP contribution in [0.1, 0.15) is 12.0 Å². The van der Waals surface area contributed by atoms with E-state index < -0.39 is 5.82 Å². The summed E-state index contributed by atoms with van der Waals surface area (Å²) in [5.41, 5.74) is 14.6. The van der Waals surface area contributed by atoms with Crippen molar-refractivity contribution >= 4 is 34.4 Å². The molecule has 0 saturated carbocycles. The highest BCUT2D eigenvalue weighted by molar-refractivity contribution is 6.33. The van der Waals surface area contributed by atoms with Crippen molar-refractivity contribution in [3.63, 3.8) is 0 Å². The zero-order valence-electron chi connectivity index (χ0n) is 10.9. The minimum Gasteiger partial charge on any atom is -0.397 e. The number of fused-ring (bicyclic) bond motifs is 1. The molecule has 1 aliphatic rings. The summed E-state index contributed by atoms with van der Waals surface area (Å²) < 4.78 is 14.5. The number of nitrogens with two attached hydrogens (primary N) is 2. The van der Waals surface area contributed by atoms with Crippen LogP contribution in [0.5, 0.6) is 0 Å². The molecule has 0 aliphatic carbocycles. The van der Waals surface area contributed by atoms with Gasteiger partial charge < -0.3 is 16.4 Å².